The van der Waals surface area contributed by atoms with Gasteiger partial charge >= 0.3 is 0 Å². The summed E-state index contributed by atoms with van der Waals surface area (Å²) in [5.41, 5.74) is 2.12. The van der Waals surface area contributed by atoms with Crippen molar-refractivity contribution in [2.45, 2.75) is 39.8 Å². The molecule has 24 heavy (non-hydrogen) atoms. The van der Waals surface area contributed by atoms with Crippen molar-refractivity contribution in [2.75, 3.05) is 6.61 Å². The van der Waals surface area contributed by atoms with Crippen LogP contribution in [0.1, 0.15) is 37.9 Å². The number of nitrogens with one attached hydrogen (secondary N) is 1. The summed E-state index contributed by atoms with van der Waals surface area (Å²) in [6.07, 6.45) is -0.558. The van der Waals surface area contributed by atoms with Crippen molar-refractivity contribution in [3.63, 3.8) is 0 Å². The lowest BCUT2D eigenvalue weighted by atomic mass is 10.1. The van der Waals surface area contributed by atoms with Gasteiger partial charge in [-0.3, -0.25) is 4.79 Å². The molecule has 1 N–H and O–H groups in total. The van der Waals surface area contributed by atoms with E-state index in [1.807, 2.05) is 69.3 Å². The second kappa shape index (κ2) is 8.39. The van der Waals surface area contributed by atoms with Gasteiger partial charge in [-0.05, 0) is 63.1 Å². The van der Waals surface area contributed by atoms with Gasteiger partial charge in [-0.1, -0.05) is 24.3 Å². The molecule has 0 heterocycles. The quantitative estimate of drug-likeness (QED) is 0.835. The van der Waals surface area contributed by atoms with E-state index >= 15 is 0 Å². The van der Waals surface area contributed by atoms with Crippen LogP contribution in [0.4, 0.5) is 0 Å². The van der Waals surface area contributed by atoms with Gasteiger partial charge in [-0.15, -0.1) is 0 Å². The maximum Gasteiger partial charge on any atom is 0.261 e. The van der Waals surface area contributed by atoms with Gasteiger partial charge in [-0.2, -0.15) is 0 Å². The number of benzene rings is 2. The number of hydrogen-bond donors (Lipinski definition) is 1. The zero-order valence-electron chi connectivity index (χ0n) is 14.7. The molecule has 0 spiro atoms. The zero-order chi connectivity index (χ0) is 17.5. The van der Waals surface area contributed by atoms with E-state index in [9.17, 15) is 4.79 Å². The maximum absolute atomic E-state index is 12.3. The van der Waals surface area contributed by atoms with Crippen LogP contribution in [0.5, 0.6) is 11.5 Å². The van der Waals surface area contributed by atoms with E-state index in [2.05, 4.69) is 5.32 Å². The van der Waals surface area contributed by atoms with Crippen molar-refractivity contribution < 1.29 is 14.3 Å². The van der Waals surface area contributed by atoms with E-state index in [0.717, 1.165) is 16.9 Å². The molecule has 1 amide bonds. The topological polar surface area (TPSA) is 47.6 Å². The third-order valence-electron chi connectivity index (χ3n) is 3.72. The number of aryl methyl sites for hydroxylation is 1. The Hall–Kier alpha value is -2.49. The fourth-order valence-corrected chi connectivity index (χ4v) is 2.38. The summed E-state index contributed by atoms with van der Waals surface area (Å²) in [5, 5.41) is 2.98. The first-order valence-corrected chi connectivity index (χ1v) is 8.26. The van der Waals surface area contributed by atoms with Crippen molar-refractivity contribution in [1.82, 2.24) is 5.32 Å². The largest absolute Gasteiger partial charge is 0.494 e. The molecule has 128 valence electrons. The number of ether oxygens (including phenoxy) is 2. The van der Waals surface area contributed by atoms with Crippen LogP contribution in [-0.4, -0.2) is 18.6 Å². The maximum atomic E-state index is 12.3. The van der Waals surface area contributed by atoms with Crippen molar-refractivity contribution in [2.24, 2.45) is 0 Å². The predicted octanol–water partition coefficient (Wildman–Crippen LogP) is 4.04. The van der Waals surface area contributed by atoms with E-state index < -0.39 is 6.10 Å². The molecule has 2 atom stereocenters. The molecule has 0 aliphatic rings. The minimum Gasteiger partial charge on any atom is -0.494 e. The van der Waals surface area contributed by atoms with Crippen LogP contribution in [0.25, 0.3) is 0 Å². The van der Waals surface area contributed by atoms with Crippen molar-refractivity contribution in [3.05, 3.63) is 59.7 Å². The highest BCUT2D eigenvalue weighted by atomic mass is 16.5. The minimum absolute atomic E-state index is 0.100. The van der Waals surface area contributed by atoms with Crippen LogP contribution in [0, 0.1) is 6.92 Å². The lowest BCUT2D eigenvalue weighted by molar-refractivity contribution is -0.127. The van der Waals surface area contributed by atoms with Crippen molar-refractivity contribution >= 4 is 5.91 Å². The molecule has 0 aromatic heterocycles. The zero-order valence-corrected chi connectivity index (χ0v) is 14.7. The van der Waals surface area contributed by atoms with Gasteiger partial charge in [0.25, 0.3) is 5.91 Å². The summed E-state index contributed by atoms with van der Waals surface area (Å²) in [6.45, 7) is 8.28. The summed E-state index contributed by atoms with van der Waals surface area (Å²) in [4.78, 5) is 12.3. The molecule has 0 unspecified atom stereocenters. The molecule has 0 bridgehead atoms. The van der Waals surface area contributed by atoms with Crippen LogP contribution in [0.3, 0.4) is 0 Å². The molecule has 0 aliphatic heterocycles. The molecule has 0 aliphatic carbocycles. The third-order valence-corrected chi connectivity index (χ3v) is 3.72. The fourth-order valence-electron chi connectivity index (χ4n) is 2.38. The fraction of sp³-hybridized carbons (Fsp3) is 0.350. The summed E-state index contributed by atoms with van der Waals surface area (Å²) in [6, 6.07) is 15.3. The molecule has 0 fully saturated rings. The summed E-state index contributed by atoms with van der Waals surface area (Å²) < 4.78 is 11.1. The Bertz CT molecular complexity index is 667. The Morgan fingerprint density at radius 1 is 1.08 bits per heavy atom. The summed E-state index contributed by atoms with van der Waals surface area (Å²) in [5.74, 6) is 1.39. The highest BCUT2D eigenvalue weighted by Gasteiger charge is 2.17. The van der Waals surface area contributed by atoms with E-state index in [1.54, 1.807) is 6.92 Å². The normalized spacial score (nSPS) is 13.0. The van der Waals surface area contributed by atoms with Gasteiger partial charge in [-0.25, -0.2) is 0 Å². The molecule has 0 radical (unpaired) electrons. The van der Waals surface area contributed by atoms with E-state index in [-0.39, 0.29) is 11.9 Å². The number of hydrogen-bond acceptors (Lipinski definition) is 3. The molecule has 2 rings (SSSR count). The Kier molecular flexibility index (Phi) is 6.24. The number of rotatable bonds is 7. The van der Waals surface area contributed by atoms with Crippen LogP contribution < -0.4 is 14.8 Å². The van der Waals surface area contributed by atoms with E-state index in [1.165, 1.54) is 0 Å². The van der Waals surface area contributed by atoms with Gasteiger partial charge in [0.05, 0.1) is 12.6 Å². The monoisotopic (exact) mass is 327 g/mol. The van der Waals surface area contributed by atoms with E-state index in [0.29, 0.717) is 12.4 Å². The molecular weight excluding hydrogens is 302 g/mol. The summed E-state index contributed by atoms with van der Waals surface area (Å²) in [7, 11) is 0. The average molecular weight is 327 g/mol. The lowest BCUT2D eigenvalue weighted by Gasteiger charge is -2.19. The van der Waals surface area contributed by atoms with Gasteiger partial charge < -0.3 is 14.8 Å². The highest BCUT2D eigenvalue weighted by Crippen LogP contribution is 2.18. The first-order chi connectivity index (χ1) is 11.5. The molecular formula is C20H25NO3. The third kappa shape index (κ3) is 5.01. The Morgan fingerprint density at radius 3 is 2.42 bits per heavy atom. The van der Waals surface area contributed by atoms with Crippen molar-refractivity contribution in [1.29, 1.82) is 0 Å². The Balaban J connectivity index is 1.92. The van der Waals surface area contributed by atoms with Crippen LogP contribution in [0.15, 0.2) is 48.5 Å². The molecule has 2 aromatic rings. The van der Waals surface area contributed by atoms with Crippen LogP contribution >= 0.6 is 0 Å². The summed E-state index contributed by atoms with van der Waals surface area (Å²) >= 11 is 0. The highest BCUT2D eigenvalue weighted by molar-refractivity contribution is 5.81. The van der Waals surface area contributed by atoms with E-state index in [4.69, 9.17) is 9.47 Å². The van der Waals surface area contributed by atoms with Crippen LogP contribution in [0.2, 0.25) is 0 Å². The number of carbonyl (C=O) groups is 1. The Morgan fingerprint density at radius 2 is 1.79 bits per heavy atom. The smallest absolute Gasteiger partial charge is 0.261 e. The first-order valence-electron chi connectivity index (χ1n) is 8.26. The first kappa shape index (κ1) is 17.9. The van der Waals surface area contributed by atoms with Gasteiger partial charge in [0.15, 0.2) is 6.10 Å². The molecule has 0 saturated heterocycles. The van der Waals surface area contributed by atoms with Gasteiger partial charge in [0.1, 0.15) is 11.5 Å². The SMILES string of the molecule is CCOc1ccc([C@@H](C)NC(=O)[C@H](C)Oc2cccc(C)c2)cc1. The predicted molar refractivity (Wildman–Crippen MR) is 95.4 cm³/mol. The number of carbonyl (C=O) groups excluding carboxylic acids is 1. The van der Waals surface area contributed by atoms with Gasteiger partial charge in [0.2, 0.25) is 0 Å². The molecule has 0 saturated carbocycles. The second-order valence-electron chi connectivity index (χ2n) is 5.81. The standard InChI is InChI=1S/C20H25NO3/c1-5-23-18-11-9-17(10-12-18)15(3)21-20(22)16(4)24-19-8-6-7-14(2)13-19/h6-13,15-16H,5H2,1-4H3,(H,21,22)/t15-,16+/m1/s1. The second-order valence-corrected chi connectivity index (χ2v) is 5.81. The lowest BCUT2D eigenvalue weighted by Crippen LogP contribution is -2.37. The minimum atomic E-state index is -0.558. The molecule has 4 nitrogen and oxygen atoms in total. The van der Waals surface area contributed by atoms with Crippen molar-refractivity contribution in [3.8, 4) is 11.5 Å². The Labute approximate surface area is 143 Å². The average Bonchev–Trinajstić information content (AvgIpc) is 2.55. The molecule has 2 aromatic carbocycles. The van der Waals surface area contributed by atoms with Crippen LogP contribution in [-0.2, 0) is 4.79 Å². The number of amides is 1. The molecule has 4 heteroatoms. The van der Waals surface area contributed by atoms with Gasteiger partial charge in [0, 0.05) is 0 Å².